The number of amides is 1. The van der Waals surface area contributed by atoms with E-state index in [2.05, 4.69) is 42.4 Å². The van der Waals surface area contributed by atoms with Gasteiger partial charge in [0.25, 0.3) is 5.91 Å². The molecule has 0 fully saturated rings. The molecule has 0 aromatic heterocycles. The molecule has 1 amide bonds. The van der Waals surface area contributed by atoms with Gasteiger partial charge in [0.2, 0.25) is 0 Å². The quantitative estimate of drug-likeness (QED) is 0.568. The first-order valence-corrected chi connectivity index (χ1v) is 8.05. The number of benzene rings is 2. The number of hydrogen-bond acceptors (Lipinski definition) is 3. The molecule has 2 aromatic rings. The minimum absolute atomic E-state index is 0.200. The second-order valence-electron chi connectivity index (χ2n) is 4.83. The highest BCUT2D eigenvalue weighted by molar-refractivity contribution is 9.10. The van der Waals surface area contributed by atoms with Gasteiger partial charge in [-0.15, -0.1) is 0 Å². The molecular formula is C16H14Br2N2O2. The molecule has 0 atom stereocenters. The lowest BCUT2D eigenvalue weighted by atomic mass is 10.1. The summed E-state index contributed by atoms with van der Waals surface area (Å²) in [6, 6.07) is 8.84. The Hall–Kier alpha value is -1.66. The zero-order valence-electron chi connectivity index (χ0n) is 12.0. The number of nitrogens with zero attached hydrogens (tertiary/aromatic N) is 1. The van der Waals surface area contributed by atoms with Gasteiger partial charge in [-0.25, -0.2) is 5.43 Å². The Labute approximate surface area is 145 Å². The predicted octanol–water partition coefficient (Wildman–Crippen LogP) is 4.30. The third-order valence-electron chi connectivity index (χ3n) is 3.08. The Bertz CT molecular complexity index is 735. The van der Waals surface area contributed by atoms with E-state index >= 15 is 0 Å². The van der Waals surface area contributed by atoms with Gasteiger partial charge in [0, 0.05) is 10.0 Å². The van der Waals surface area contributed by atoms with Crippen molar-refractivity contribution in [1.82, 2.24) is 5.43 Å². The summed E-state index contributed by atoms with van der Waals surface area (Å²) in [5.41, 5.74) is 5.51. The second kappa shape index (κ2) is 7.07. The number of aryl methyl sites for hydroxylation is 2. The number of hydrazone groups is 1. The zero-order chi connectivity index (χ0) is 16.3. The molecule has 0 radical (unpaired) electrons. The van der Waals surface area contributed by atoms with Crippen LogP contribution in [0.3, 0.4) is 0 Å². The molecular weight excluding hydrogens is 412 g/mol. The molecule has 0 aliphatic rings. The molecule has 2 rings (SSSR count). The van der Waals surface area contributed by atoms with Crippen LogP contribution in [-0.2, 0) is 0 Å². The molecule has 0 unspecified atom stereocenters. The molecule has 0 spiro atoms. The Morgan fingerprint density at radius 3 is 2.50 bits per heavy atom. The normalized spacial score (nSPS) is 10.9. The molecule has 22 heavy (non-hydrogen) atoms. The predicted molar refractivity (Wildman–Crippen MR) is 94.5 cm³/mol. The van der Waals surface area contributed by atoms with E-state index in [1.54, 1.807) is 31.2 Å². The summed E-state index contributed by atoms with van der Waals surface area (Å²) >= 11 is 6.66. The fraction of sp³-hybridized carbons (Fsp3) is 0.125. The first-order valence-electron chi connectivity index (χ1n) is 6.47. The van der Waals surface area contributed by atoms with Crippen molar-refractivity contribution in [2.45, 2.75) is 13.8 Å². The highest BCUT2D eigenvalue weighted by Crippen LogP contribution is 2.28. The molecule has 0 bridgehead atoms. The van der Waals surface area contributed by atoms with Gasteiger partial charge in [-0.2, -0.15) is 5.10 Å². The molecule has 0 aliphatic carbocycles. The van der Waals surface area contributed by atoms with E-state index in [9.17, 15) is 9.90 Å². The summed E-state index contributed by atoms with van der Waals surface area (Å²) < 4.78 is 1.54. The highest BCUT2D eigenvalue weighted by Gasteiger charge is 2.06. The summed E-state index contributed by atoms with van der Waals surface area (Å²) in [6.45, 7) is 3.71. The van der Waals surface area contributed by atoms with Crippen molar-refractivity contribution >= 4 is 44.0 Å². The number of phenols is 1. The van der Waals surface area contributed by atoms with Crippen molar-refractivity contribution in [3.63, 3.8) is 0 Å². The van der Waals surface area contributed by atoms with Gasteiger partial charge >= 0.3 is 0 Å². The topological polar surface area (TPSA) is 61.7 Å². The Morgan fingerprint density at radius 2 is 1.86 bits per heavy atom. The standard InChI is InChI=1S/C16H14Br2N2O2/c1-9-6-12(3-4-13(9)17)16(22)20-19-8-11-5-10(2)15(21)14(18)7-11/h3-8,21H,1-2H3,(H,20,22)/b19-8+. The fourth-order valence-corrected chi connectivity index (χ4v) is 2.68. The van der Waals surface area contributed by atoms with Crippen LogP contribution in [0.25, 0.3) is 0 Å². The number of nitrogens with one attached hydrogen (secondary N) is 1. The van der Waals surface area contributed by atoms with E-state index in [0.717, 1.165) is 21.2 Å². The Balaban J connectivity index is 2.09. The molecule has 0 saturated heterocycles. The van der Waals surface area contributed by atoms with E-state index in [0.29, 0.717) is 10.0 Å². The third-order valence-corrected chi connectivity index (χ3v) is 4.57. The van der Waals surface area contributed by atoms with E-state index in [1.807, 2.05) is 13.0 Å². The minimum atomic E-state index is -0.276. The van der Waals surface area contributed by atoms with E-state index in [-0.39, 0.29) is 11.7 Å². The van der Waals surface area contributed by atoms with Crippen LogP contribution in [0, 0.1) is 13.8 Å². The molecule has 0 saturated carbocycles. The average Bonchev–Trinajstić information content (AvgIpc) is 2.47. The van der Waals surface area contributed by atoms with Crippen LogP contribution >= 0.6 is 31.9 Å². The summed E-state index contributed by atoms with van der Waals surface area (Å²) in [5, 5.41) is 13.6. The molecule has 6 heteroatoms. The molecule has 2 aromatic carbocycles. The number of phenolic OH excluding ortho intramolecular Hbond substituents is 1. The maximum Gasteiger partial charge on any atom is 0.271 e. The van der Waals surface area contributed by atoms with Gasteiger partial charge in [0.05, 0.1) is 10.7 Å². The number of aromatic hydroxyl groups is 1. The fourth-order valence-electron chi connectivity index (χ4n) is 1.85. The van der Waals surface area contributed by atoms with Crippen molar-refractivity contribution in [2.75, 3.05) is 0 Å². The minimum Gasteiger partial charge on any atom is -0.506 e. The van der Waals surface area contributed by atoms with Gasteiger partial charge in [0.15, 0.2) is 0 Å². The summed E-state index contributed by atoms with van der Waals surface area (Å²) in [4.78, 5) is 12.0. The van der Waals surface area contributed by atoms with Gasteiger partial charge in [-0.3, -0.25) is 4.79 Å². The van der Waals surface area contributed by atoms with Crippen LogP contribution in [0.5, 0.6) is 5.75 Å². The lowest BCUT2D eigenvalue weighted by molar-refractivity contribution is 0.0955. The lowest BCUT2D eigenvalue weighted by Gasteiger charge is -2.04. The van der Waals surface area contributed by atoms with Crippen molar-refractivity contribution < 1.29 is 9.90 Å². The molecule has 0 aliphatic heterocycles. The highest BCUT2D eigenvalue weighted by atomic mass is 79.9. The molecule has 114 valence electrons. The monoisotopic (exact) mass is 424 g/mol. The maximum absolute atomic E-state index is 12.0. The van der Waals surface area contributed by atoms with Crippen LogP contribution in [0.4, 0.5) is 0 Å². The van der Waals surface area contributed by atoms with Gasteiger partial charge < -0.3 is 5.11 Å². The third kappa shape index (κ3) is 3.96. The van der Waals surface area contributed by atoms with Gasteiger partial charge in [-0.1, -0.05) is 15.9 Å². The summed E-state index contributed by atoms with van der Waals surface area (Å²) in [7, 11) is 0. The number of carbonyl (C=O) groups excluding carboxylic acids is 1. The van der Waals surface area contributed by atoms with Crippen LogP contribution in [0.1, 0.15) is 27.0 Å². The van der Waals surface area contributed by atoms with Crippen molar-refractivity contribution in [3.05, 3.63) is 61.5 Å². The Morgan fingerprint density at radius 1 is 1.14 bits per heavy atom. The first-order chi connectivity index (χ1) is 10.4. The maximum atomic E-state index is 12.0. The van der Waals surface area contributed by atoms with Crippen molar-refractivity contribution in [3.8, 4) is 5.75 Å². The van der Waals surface area contributed by atoms with Crippen LogP contribution in [-0.4, -0.2) is 17.2 Å². The first kappa shape index (κ1) is 16.7. The van der Waals surface area contributed by atoms with Crippen LogP contribution < -0.4 is 5.43 Å². The van der Waals surface area contributed by atoms with E-state index in [4.69, 9.17) is 0 Å². The average molecular weight is 426 g/mol. The van der Waals surface area contributed by atoms with Crippen LogP contribution in [0.15, 0.2) is 44.4 Å². The zero-order valence-corrected chi connectivity index (χ0v) is 15.2. The second-order valence-corrected chi connectivity index (χ2v) is 6.54. The number of carbonyl (C=O) groups is 1. The van der Waals surface area contributed by atoms with Gasteiger partial charge in [-0.05, 0) is 76.8 Å². The van der Waals surface area contributed by atoms with Gasteiger partial charge in [0.1, 0.15) is 5.75 Å². The van der Waals surface area contributed by atoms with E-state index in [1.165, 1.54) is 6.21 Å². The summed E-state index contributed by atoms with van der Waals surface area (Å²) in [5.74, 6) is -0.0760. The van der Waals surface area contributed by atoms with Crippen molar-refractivity contribution in [2.24, 2.45) is 5.10 Å². The Kier molecular flexibility index (Phi) is 5.37. The largest absolute Gasteiger partial charge is 0.506 e. The molecule has 4 nitrogen and oxygen atoms in total. The summed E-state index contributed by atoms with van der Waals surface area (Å²) in [6.07, 6.45) is 1.53. The SMILES string of the molecule is Cc1cc(C(=O)N/N=C/c2cc(C)c(O)c(Br)c2)ccc1Br. The number of halogens is 2. The smallest absolute Gasteiger partial charge is 0.271 e. The van der Waals surface area contributed by atoms with Crippen molar-refractivity contribution in [1.29, 1.82) is 0 Å². The lowest BCUT2D eigenvalue weighted by Crippen LogP contribution is -2.17. The molecule has 0 heterocycles. The van der Waals surface area contributed by atoms with Crippen LogP contribution in [0.2, 0.25) is 0 Å². The molecule has 2 N–H and O–H groups in total. The number of hydrogen-bond donors (Lipinski definition) is 2. The van der Waals surface area contributed by atoms with E-state index < -0.39 is 0 Å². The number of rotatable bonds is 3.